The fourth-order valence-corrected chi connectivity index (χ4v) is 2.80. The number of aromatic nitrogens is 2. The van der Waals surface area contributed by atoms with Crippen LogP contribution in [0.1, 0.15) is 17.0 Å². The van der Waals surface area contributed by atoms with Gasteiger partial charge in [0, 0.05) is 21.4 Å². The summed E-state index contributed by atoms with van der Waals surface area (Å²) in [5, 5.41) is 4.54. The van der Waals surface area contributed by atoms with Crippen molar-refractivity contribution in [3.05, 3.63) is 51.8 Å². The van der Waals surface area contributed by atoms with Crippen molar-refractivity contribution in [2.24, 2.45) is 5.10 Å². The van der Waals surface area contributed by atoms with Crippen molar-refractivity contribution in [2.45, 2.75) is 19.0 Å². The van der Waals surface area contributed by atoms with Gasteiger partial charge in [-0.2, -0.15) is 5.10 Å². The molecule has 0 saturated carbocycles. The molecule has 1 N–H and O–H groups in total. The molecule has 0 aliphatic heterocycles. The average molecular weight is 379 g/mol. The normalized spacial score (nSPS) is 10.9. The van der Waals surface area contributed by atoms with Crippen molar-refractivity contribution in [1.29, 1.82) is 0 Å². The lowest BCUT2D eigenvalue weighted by Crippen LogP contribution is -2.19. The summed E-state index contributed by atoms with van der Waals surface area (Å²) in [6.45, 7) is 3.81. The number of nitrogens with one attached hydrogen (secondary N) is 1. The molecule has 114 valence electrons. The summed E-state index contributed by atoms with van der Waals surface area (Å²) in [6, 6.07) is 9.53. The maximum atomic E-state index is 11.7. The molecule has 1 aromatic carbocycles. The topological polar surface area (TPSA) is 67.2 Å². The fraction of sp³-hybridized carbons (Fsp3) is 0.200. The Balaban J connectivity index is 1.84. The Kier molecular flexibility index (Phi) is 6.09. The van der Waals surface area contributed by atoms with Gasteiger partial charge in [0.05, 0.1) is 12.0 Å². The van der Waals surface area contributed by atoms with E-state index in [9.17, 15) is 4.79 Å². The Morgan fingerprint density at radius 1 is 1.32 bits per heavy atom. The Morgan fingerprint density at radius 2 is 2.00 bits per heavy atom. The quantitative estimate of drug-likeness (QED) is 0.375. The molecule has 0 aliphatic carbocycles. The first-order valence-corrected chi connectivity index (χ1v) is 8.34. The van der Waals surface area contributed by atoms with E-state index in [4.69, 9.17) is 0 Å². The zero-order chi connectivity index (χ0) is 15.9. The number of hydrazone groups is 1. The molecule has 0 fully saturated rings. The third kappa shape index (κ3) is 5.23. The van der Waals surface area contributed by atoms with Gasteiger partial charge >= 0.3 is 0 Å². The first-order valence-electron chi connectivity index (χ1n) is 6.56. The molecule has 22 heavy (non-hydrogen) atoms. The van der Waals surface area contributed by atoms with Gasteiger partial charge in [-0.15, -0.1) is 0 Å². The number of aryl methyl sites for hydroxylation is 2. The summed E-state index contributed by atoms with van der Waals surface area (Å²) in [5.74, 6) is 0.0204. The molecule has 1 amide bonds. The number of carbonyl (C=O) groups excluding carboxylic acids is 1. The van der Waals surface area contributed by atoms with Gasteiger partial charge in [-0.25, -0.2) is 15.4 Å². The van der Waals surface area contributed by atoms with E-state index in [2.05, 4.69) is 36.4 Å². The number of carbonyl (C=O) groups is 1. The number of thioether (sulfide) groups is 1. The van der Waals surface area contributed by atoms with Crippen LogP contribution < -0.4 is 5.43 Å². The molecule has 0 saturated heterocycles. The molecular formula is C15H15BrN4OS. The van der Waals surface area contributed by atoms with Gasteiger partial charge in [0.1, 0.15) is 0 Å². The monoisotopic (exact) mass is 378 g/mol. The molecule has 5 nitrogen and oxygen atoms in total. The van der Waals surface area contributed by atoms with E-state index < -0.39 is 0 Å². The van der Waals surface area contributed by atoms with Crippen molar-refractivity contribution in [2.75, 3.05) is 5.75 Å². The van der Waals surface area contributed by atoms with E-state index in [0.29, 0.717) is 5.16 Å². The molecule has 1 heterocycles. The second-order valence-corrected chi connectivity index (χ2v) is 6.33. The van der Waals surface area contributed by atoms with Gasteiger partial charge in [0.15, 0.2) is 5.16 Å². The molecular weight excluding hydrogens is 364 g/mol. The van der Waals surface area contributed by atoms with Crippen LogP contribution in [0.4, 0.5) is 0 Å². The lowest BCUT2D eigenvalue weighted by Gasteiger charge is -2.02. The number of benzene rings is 1. The van der Waals surface area contributed by atoms with Crippen LogP contribution in [0.15, 0.2) is 45.1 Å². The van der Waals surface area contributed by atoms with E-state index in [1.807, 2.05) is 44.2 Å². The van der Waals surface area contributed by atoms with Crippen LogP contribution in [0.25, 0.3) is 0 Å². The summed E-state index contributed by atoms with van der Waals surface area (Å²) in [6.07, 6.45) is 1.60. The van der Waals surface area contributed by atoms with Crippen LogP contribution in [0.3, 0.4) is 0 Å². The highest BCUT2D eigenvalue weighted by molar-refractivity contribution is 9.10. The van der Waals surface area contributed by atoms with E-state index >= 15 is 0 Å². The Labute approximate surface area is 141 Å². The molecule has 0 atom stereocenters. The third-order valence-electron chi connectivity index (χ3n) is 2.59. The first-order chi connectivity index (χ1) is 10.5. The van der Waals surface area contributed by atoms with Gasteiger partial charge in [-0.3, -0.25) is 4.79 Å². The molecule has 0 radical (unpaired) electrons. The number of amides is 1. The molecule has 0 spiro atoms. The standard InChI is InChI=1S/C15H15BrN4OS/c1-10-7-11(2)19-15(18-10)22-9-14(21)20-17-8-12-5-3-4-6-13(12)16/h3-8H,9H2,1-2H3,(H,20,21)/b17-8+. The van der Waals surface area contributed by atoms with Crippen molar-refractivity contribution in [3.63, 3.8) is 0 Å². The summed E-state index contributed by atoms with van der Waals surface area (Å²) >= 11 is 4.70. The maximum absolute atomic E-state index is 11.7. The summed E-state index contributed by atoms with van der Waals surface area (Å²) in [4.78, 5) is 20.3. The van der Waals surface area contributed by atoms with E-state index in [0.717, 1.165) is 21.4 Å². The minimum absolute atomic E-state index is 0.198. The van der Waals surface area contributed by atoms with Crippen molar-refractivity contribution >= 4 is 39.8 Å². The van der Waals surface area contributed by atoms with Gasteiger partial charge in [0.25, 0.3) is 5.91 Å². The van der Waals surface area contributed by atoms with Crippen LogP contribution >= 0.6 is 27.7 Å². The first kappa shape index (κ1) is 16.6. The van der Waals surface area contributed by atoms with E-state index in [1.54, 1.807) is 6.21 Å². The predicted molar refractivity (Wildman–Crippen MR) is 92.1 cm³/mol. The summed E-state index contributed by atoms with van der Waals surface area (Å²) in [7, 11) is 0. The molecule has 0 aliphatic rings. The van der Waals surface area contributed by atoms with E-state index in [-0.39, 0.29) is 11.7 Å². The van der Waals surface area contributed by atoms with E-state index in [1.165, 1.54) is 11.8 Å². The average Bonchev–Trinajstić information content (AvgIpc) is 2.46. The van der Waals surface area contributed by atoms with Gasteiger partial charge in [-0.05, 0) is 26.0 Å². The maximum Gasteiger partial charge on any atom is 0.250 e. The second-order valence-electron chi connectivity index (χ2n) is 4.54. The largest absolute Gasteiger partial charge is 0.272 e. The van der Waals surface area contributed by atoms with Gasteiger partial charge in [0.2, 0.25) is 0 Å². The number of hydrogen-bond donors (Lipinski definition) is 1. The molecule has 2 rings (SSSR count). The third-order valence-corrected chi connectivity index (χ3v) is 4.16. The highest BCUT2D eigenvalue weighted by Gasteiger charge is 2.05. The minimum atomic E-state index is -0.198. The number of rotatable bonds is 5. The predicted octanol–water partition coefficient (Wildman–Crippen LogP) is 3.10. The SMILES string of the molecule is Cc1cc(C)nc(SCC(=O)N/N=C/c2ccccc2Br)n1. The highest BCUT2D eigenvalue weighted by atomic mass is 79.9. The lowest BCUT2D eigenvalue weighted by molar-refractivity contribution is -0.118. The van der Waals surface area contributed by atoms with Gasteiger partial charge in [-0.1, -0.05) is 45.9 Å². The highest BCUT2D eigenvalue weighted by Crippen LogP contribution is 2.14. The van der Waals surface area contributed by atoms with Crippen LogP contribution in [0.2, 0.25) is 0 Å². The fourth-order valence-electron chi connectivity index (χ4n) is 1.67. The molecule has 7 heteroatoms. The molecule has 2 aromatic rings. The zero-order valence-corrected chi connectivity index (χ0v) is 14.6. The van der Waals surface area contributed by atoms with Crippen LogP contribution in [0.5, 0.6) is 0 Å². The number of hydrogen-bond acceptors (Lipinski definition) is 5. The van der Waals surface area contributed by atoms with Crippen molar-refractivity contribution in [3.8, 4) is 0 Å². The minimum Gasteiger partial charge on any atom is -0.272 e. The molecule has 0 bridgehead atoms. The Morgan fingerprint density at radius 3 is 2.68 bits per heavy atom. The van der Waals surface area contributed by atoms with Gasteiger partial charge < -0.3 is 0 Å². The molecule has 1 aromatic heterocycles. The Bertz CT molecular complexity index is 685. The van der Waals surface area contributed by atoms with Crippen LogP contribution in [-0.4, -0.2) is 27.8 Å². The summed E-state index contributed by atoms with van der Waals surface area (Å²) in [5.41, 5.74) is 5.17. The van der Waals surface area contributed by atoms with Crippen LogP contribution in [0, 0.1) is 13.8 Å². The molecule has 0 unspecified atom stereocenters. The van der Waals surface area contributed by atoms with Crippen molar-refractivity contribution < 1.29 is 4.79 Å². The van der Waals surface area contributed by atoms with Crippen LogP contribution in [-0.2, 0) is 4.79 Å². The Hall–Kier alpha value is -1.73. The number of halogens is 1. The van der Waals surface area contributed by atoms with Crippen molar-refractivity contribution in [1.82, 2.24) is 15.4 Å². The summed E-state index contributed by atoms with van der Waals surface area (Å²) < 4.78 is 0.922. The lowest BCUT2D eigenvalue weighted by atomic mass is 10.2. The zero-order valence-electron chi connectivity index (χ0n) is 12.2. The smallest absolute Gasteiger partial charge is 0.250 e. The second kappa shape index (κ2) is 8.05. The number of nitrogens with zero attached hydrogens (tertiary/aromatic N) is 3.